The average molecular weight is 315 g/mol. The van der Waals surface area contributed by atoms with Gasteiger partial charge in [0.05, 0.1) is 18.8 Å². The van der Waals surface area contributed by atoms with Gasteiger partial charge in [0, 0.05) is 24.8 Å². The fourth-order valence-corrected chi connectivity index (χ4v) is 4.94. The number of aryl methyl sites for hydroxylation is 1. The highest BCUT2D eigenvalue weighted by atomic mass is 16.5. The molecule has 23 heavy (non-hydrogen) atoms. The normalized spacial score (nSPS) is 34.3. The number of quaternary nitrogens is 1. The van der Waals surface area contributed by atoms with Crippen molar-refractivity contribution in [1.29, 1.82) is 0 Å². The van der Waals surface area contributed by atoms with Crippen molar-refractivity contribution in [3.8, 4) is 0 Å². The van der Waals surface area contributed by atoms with Gasteiger partial charge in [-0.05, 0) is 26.0 Å². The van der Waals surface area contributed by atoms with E-state index in [9.17, 15) is 9.59 Å². The van der Waals surface area contributed by atoms with Crippen LogP contribution in [0.25, 0.3) is 0 Å². The largest absolute Gasteiger partial charge is 0.466 e. The monoisotopic (exact) mass is 315 g/mol. The van der Waals surface area contributed by atoms with Gasteiger partial charge in [-0.2, -0.15) is 0 Å². The molecule has 5 heteroatoms. The van der Waals surface area contributed by atoms with Crippen LogP contribution in [0.15, 0.2) is 18.2 Å². The fourth-order valence-electron chi connectivity index (χ4n) is 4.94. The number of rotatable bonds is 2. The van der Waals surface area contributed by atoms with E-state index in [1.54, 1.807) is 0 Å². The summed E-state index contributed by atoms with van der Waals surface area (Å²) in [6.45, 7) is 5.22. The Morgan fingerprint density at radius 1 is 1.48 bits per heavy atom. The molecule has 1 amide bonds. The van der Waals surface area contributed by atoms with Crippen LogP contribution in [-0.4, -0.2) is 31.1 Å². The molecule has 1 unspecified atom stereocenters. The Bertz CT molecular complexity index is 687. The Balaban J connectivity index is 1.81. The number of amides is 1. The van der Waals surface area contributed by atoms with E-state index in [4.69, 9.17) is 4.74 Å². The lowest BCUT2D eigenvalue weighted by atomic mass is 9.84. The van der Waals surface area contributed by atoms with Crippen LogP contribution in [0.3, 0.4) is 0 Å². The van der Waals surface area contributed by atoms with Gasteiger partial charge in [0.1, 0.15) is 12.0 Å². The summed E-state index contributed by atoms with van der Waals surface area (Å²) in [6.07, 6.45) is 2.62. The van der Waals surface area contributed by atoms with E-state index in [1.165, 1.54) is 4.90 Å². The van der Waals surface area contributed by atoms with Crippen molar-refractivity contribution < 1.29 is 19.2 Å². The maximum Gasteiger partial charge on any atom is 0.315 e. The predicted octanol–water partition coefficient (Wildman–Crippen LogP) is 0.773. The third-order valence-electron chi connectivity index (χ3n) is 5.83. The van der Waals surface area contributed by atoms with Crippen molar-refractivity contribution >= 4 is 17.6 Å². The SMILES string of the molecule is CCOC(=O)[C@@H]1C[C@]2(C(=O)Nc3ccc(C)cc32)[NH+]2CCC[C@@H]12. The number of benzene rings is 1. The summed E-state index contributed by atoms with van der Waals surface area (Å²) in [5.74, 6) is -0.265. The third-order valence-corrected chi connectivity index (χ3v) is 5.83. The Morgan fingerprint density at radius 2 is 2.30 bits per heavy atom. The molecule has 2 fully saturated rings. The molecule has 2 saturated heterocycles. The second-order valence-corrected chi connectivity index (χ2v) is 7.00. The van der Waals surface area contributed by atoms with Crippen molar-refractivity contribution in [3.63, 3.8) is 0 Å². The molecule has 0 radical (unpaired) electrons. The summed E-state index contributed by atoms with van der Waals surface area (Å²) in [5, 5.41) is 3.05. The van der Waals surface area contributed by atoms with Gasteiger partial charge in [0.2, 0.25) is 5.54 Å². The second kappa shape index (κ2) is 5.06. The predicted molar refractivity (Wildman–Crippen MR) is 85.1 cm³/mol. The molecule has 4 atom stereocenters. The van der Waals surface area contributed by atoms with Crippen LogP contribution in [0.2, 0.25) is 0 Å². The van der Waals surface area contributed by atoms with Gasteiger partial charge in [0.15, 0.2) is 0 Å². The van der Waals surface area contributed by atoms with Gasteiger partial charge >= 0.3 is 5.97 Å². The molecule has 1 spiro atoms. The quantitative estimate of drug-likeness (QED) is 0.793. The van der Waals surface area contributed by atoms with Gasteiger partial charge in [-0.3, -0.25) is 9.59 Å². The van der Waals surface area contributed by atoms with Crippen LogP contribution in [0.5, 0.6) is 0 Å². The first-order chi connectivity index (χ1) is 11.1. The number of carbonyl (C=O) groups is 2. The van der Waals surface area contributed by atoms with E-state index in [0.717, 1.165) is 36.2 Å². The molecule has 0 aromatic heterocycles. The molecule has 0 bridgehead atoms. The molecule has 5 nitrogen and oxygen atoms in total. The number of hydrogen-bond acceptors (Lipinski definition) is 3. The van der Waals surface area contributed by atoms with Gasteiger partial charge in [-0.1, -0.05) is 11.6 Å². The summed E-state index contributed by atoms with van der Waals surface area (Å²) in [5.41, 5.74) is 2.51. The number of nitrogens with one attached hydrogen (secondary N) is 2. The van der Waals surface area contributed by atoms with E-state index in [-0.39, 0.29) is 23.8 Å². The van der Waals surface area contributed by atoms with Gasteiger partial charge in [0.25, 0.3) is 5.91 Å². The fraction of sp³-hybridized carbons (Fsp3) is 0.556. The molecular formula is C18H23N2O3+. The second-order valence-electron chi connectivity index (χ2n) is 7.00. The molecular weight excluding hydrogens is 292 g/mol. The maximum atomic E-state index is 13.0. The Kier molecular flexibility index (Phi) is 3.23. The Labute approximate surface area is 136 Å². The number of fused-ring (bicyclic) bond motifs is 4. The van der Waals surface area contributed by atoms with E-state index < -0.39 is 5.54 Å². The van der Waals surface area contributed by atoms with Gasteiger partial charge < -0.3 is 15.0 Å². The standard InChI is InChI=1S/C18H22N2O3/c1-3-23-16(21)12-10-18(20-8-4-5-15(12)20)13-9-11(2)6-7-14(13)19-17(18)22/h6-7,9,12,15H,3-5,8,10H2,1-2H3,(H,19,22)/p+1/t12-,15+,18+/m1/s1. The first-order valence-electron chi connectivity index (χ1n) is 8.53. The van der Waals surface area contributed by atoms with Crippen molar-refractivity contribution in [3.05, 3.63) is 29.3 Å². The Morgan fingerprint density at radius 3 is 3.09 bits per heavy atom. The molecule has 1 aromatic carbocycles. The zero-order valence-electron chi connectivity index (χ0n) is 13.6. The van der Waals surface area contributed by atoms with Crippen LogP contribution in [0.4, 0.5) is 5.69 Å². The topological polar surface area (TPSA) is 59.8 Å². The number of ether oxygens (including phenoxy) is 1. The van der Waals surface area contributed by atoms with Crippen LogP contribution >= 0.6 is 0 Å². The van der Waals surface area contributed by atoms with E-state index in [2.05, 4.69) is 11.4 Å². The molecule has 2 N–H and O–H groups in total. The van der Waals surface area contributed by atoms with Crippen molar-refractivity contribution in [2.24, 2.45) is 5.92 Å². The minimum Gasteiger partial charge on any atom is -0.466 e. The molecule has 4 rings (SSSR count). The lowest BCUT2D eigenvalue weighted by Gasteiger charge is -2.29. The number of carbonyl (C=O) groups excluding carboxylic acids is 2. The molecule has 1 aromatic rings. The van der Waals surface area contributed by atoms with Crippen LogP contribution in [-0.2, 0) is 19.9 Å². The zero-order chi connectivity index (χ0) is 16.2. The van der Waals surface area contributed by atoms with Gasteiger partial charge in [-0.15, -0.1) is 0 Å². The van der Waals surface area contributed by atoms with E-state index in [0.29, 0.717) is 13.0 Å². The lowest BCUT2D eigenvalue weighted by Crippen LogP contribution is -3.19. The van der Waals surface area contributed by atoms with E-state index in [1.807, 2.05) is 26.0 Å². The highest BCUT2D eigenvalue weighted by Crippen LogP contribution is 2.44. The summed E-state index contributed by atoms with van der Waals surface area (Å²) in [7, 11) is 0. The number of anilines is 1. The average Bonchev–Trinajstić information content (AvgIpc) is 3.16. The summed E-state index contributed by atoms with van der Waals surface area (Å²) < 4.78 is 5.30. The van der Waals surface area contributed by atoms with Crippen molar-refractivity contribution in [1.82, 2.24) is 0 Å². The van der Waals surface area contributed by atoms with Crippen LogP contribution < -0.4 is 10.2 Å². The molecule has 0 saturated carbocycles. The Hall–Kier alpha value is -1.88. The minimum absolute atomic E-state index is 0.0480. The van der Waals surface area contributed by atoms with Crippen molar-refractivity contribution in [2.75, 3.05) is 18.5 Å². The molecule has 0 aliphatic carbocycles. The third kappa shape index (κ3) is 1.89. The van der Waals surface area contributed by atoms with Gasteiger partial charge in [-0.25, -0.2) is 0 Å². The van der Waals surface area contributed by atoms with Crippen LogP contribution in [0.1, 0.15) is 37.3 Å². The van der Waals surface area contributed by atoms with E-state index >= 15 is 0 Å². The number of esters is 1. The first kappa shape index (κ1) is 14.7. The van der Waals surface area contributed by atoms with Crippen LogP contribution in [0, 0.1) is 12.8 Å². The highest BCUT2D eigenvalue weighted by molar-refractivity contribution is 6.05. The summed E-state index contributed by atoms with van der Waals surface area (Å²) >= 11 is 0. The lowest BCUT2D eigenvalue weighted by molar-refractivity contribution is -0.947. The summed E-state index contributed by atoms with van der Waals surface area (Å²) in [4.78, 5) is 26.7. The highest BCUT2D eigenvalue weighted by Gasteiger charge is 2.67. The van der Waals surface area contributed by atoms with Crippen molar-refractivity contribution in [2.45, 2.75) is 44.7 Å². The molecule has 122 valence electrons. The molecule has 3 aliphatic heterocycles. The number of hydrogen-bond donors (Lipinski definition) is 2. The molecule has 3 aliphatic rings. The smallest absolute Gasteiger partial charge is 0.315 e. The zero-order valence-corrected chi connectivity index (χ0v) is 13.6. The maximum absolute atomic E-state index is 13.0. The minimum atomic E-state index is -0.611. The first-order valence-corrected chi connectivity index (χ1v) is 8.53. The molecule has 3 heterocycles. The summed E-state index contributed by atoms with van der Waals surface area (Å²) in [6, 6.07) is 6.32.